The fourth-order valence-corrected chi connectivity index (χ4v) is 1.83. The van der Waals surface area contributed by atoms with Crippen LogP contribution >= 0.6 is 45.2 Å². The molecule has 0 radical (unpaired) electrons. The van der Waals surface area contributed by atoms with E-state index in [4.69, 9.17) is 4.74 Å². The van der Waals surface area contributed by atoms with Gasteiger partial charge in [-0.3, -0.25) is 4.79 Å². The molecule has 0 aliphatic rings. The minimum atomic E-state index is -0.434. The van der Waals surface area contributed by atoms with Crippen molar-refractivity contribution in [3.8, 4) is 0 Å². The molecule has 4 nitrogen and oxygen atoms in total. The van der Waals surface area contributed by atoms with Gasteiger partial charge in [0.15, 0.2) is 0 Å². The van der Waals surface area contributed by atoms with Gasteiger partial charge in [0.2, 0.25) is 0 Å². The molecule has 6 heteroatoms. The Labute approximate surface area is 116 Å². The van der Waals surface area contributed by atoms with Gasteiger partial charge in [0.1, 0.15) is 19.5 Å². The first-order chi connectivity index (χ1) is 6.79. The van der Waals surface area contributed by atoms with Crippen molar-refractivity contribution in [3.05, 3.63) is 13.7 Å². The summed E-state index contributed by atoms with van der Waals surface area (Å²) in [5.74, 6) is -0.241. The third kappa shape index (κ3) is 4.25. The van der Waals surface area contributed by atoms with Crippen molar-refractivity contribution in [2.75, 3.05) is 0 Å². The Bertz CT molecular complexity index is 369. The molecule has 0 N–H and O–H groups in total. The van der Waals surface area contributed by atoms with Crippen molar-refractivity contribution in [2.24, 2.45) is 0 Å². The quantitative estimate of drug-likeness (QED) is 0.531. The van der Waals surface area contributed by atoms with E-state index in [0.29, 0.717) is 0 Å². The van der Waals surface area contributed by atoms with Crippen LogP contribution in [-0.2, 0) is 16.1 Å². The molecule has 0 saturated heterocycles. The molecule has 1 heterocycles. The molecule has 1 rings (SSSR count). The zero-order chi connectivity index (χ0) is 11.6. The summed E-state index contributed by atoms with van der Waals surface area (Å²) in [4.78, 5) is 15.6. The normalized spacial score (nSPS) is 11.5. The summed E-state index contributed by atoms with van der Waals surface area (Å²) in [5.41, 5.74) is -0.434. The molecule has 84 valence electrons. The zero-order valence-electron chi connectivity index (χ0n) is 8.75. The maximum atomic E-state index is 11.5. The Morgan fingerprint density at radius 3 is 2.53 bits per heavy atom. The molecule has 0 unspecified atom stereocenters. The molecule has 0 fully saturated rings. The van der Waals surface area contributed by atoms with Crippen molar-refractivity contribution in [3.63, 3.8) is 0 Å². The van der Waals surface area contributed by atoms with Gasteiger partial charge in [-0.25, -0.2) is 4.98 Å². The van der Waals surface area contributed by atoms with E-state index < -0.39 is 5.60 Å². The van der Waals surface area contributed by atoms with Crippen LogP contribution in [0.25, 0.3) is 0 Å². The SMILES string of the molecule is CC(C)(C)OC(=O)Cn1cnc(I)c1I. The summed E-state index contributed by atoms with van der Waals surface area (Å²) in [6.45, 7) is 5.78. The molecule has 0 aromatic carbocycles. The fourth-order valence-electron chi connectivity index (χ4n) is 0.966. The Balaban J connectivity index is 2.63. The molecule has 0 amide bonds. The second kappa shape index (κ2) is 4.98. The standard InChI is InChI=1S/C9H12I2N2O2/c1-9(2,3)15-6(14)4-13-5-12-7(10)8(13)11/h5H,4H2,1-3H3. The van der Waals surface area contributed by atoms with Crippen LogP contribution in [0, 0.1) is 7.40 Å². The van der Waals surface area contributed by atoms with E-state index in [2.05, 4.69) is 50.2 Å². The van der Waals surface area contributed by atoms with Crippen LogP contribution in [0.1, 0.15) is 20.8 Å². The number of aromatic nitrogens is 2. The van der Waals surface area contributed by atoms with E-state index in [1.807, 2.05) is 20.8 Å². The molecule has 0 spiro atoms. The summed E-state index contributed by atoms with van der Waals surface area (Å²) < 4.78 is 8.84. The minimum absolute atomic E-state index is 0.214. The highest BCUT2D eigenvalue weighted by atomic mass is 127. The predicted octanol–water partition coefficient (Wildman–Crippen LogP) is 2.43. The minimum Gasteiger partial charge on any atom is -0.459 e. The van der Waals surface area contributed by atoms with Crippen LogP contribution in [0.5, 0.6) is 0 Å². The van der Waals surface area contributed by atoms with E-state index in [0.717, 1.165) is 7.40 Å². The van der Waals surface area contributed by atoms with Gasteiger partial charge in [-0.1, -0.05) is 0 Å². The first-order valence-electron chi connectivity index (χ1n) is 4.37. The van der Waals surface area contributed by atoms with E-state index in [9.17, 15) is 4.79 Å². The van der Waals surface area contributed by atoms with Crippen LogP contribution in [0.15, 0.2) is 6.33 Å². The maximum Gasteiger partial charge on any atom is 0.326 e. The second-order valence-electron chi connectivity index (χ2n) is 4.04. The molecule has 0 aliphatic heterocycles. The van der Waals surface area contributed by atoms with E-state index in [1.165, 1.54) is 0 Å². The van der Waals surface area contributed by atoms with Crippen molar-refractivity contribution < 1.29 is 9.53 Å². The molecular weight excluding hydrogens is 422 g/mol. The number of hydrogen-bond donors (Lipinski definition) is 0. The topological polar surface area (TPSA) is 44.1 Å². The molecule has 1 aromatic heterocycles. The summed E-state index contributed by atoms with van der Waals surface area (Å²) in [5, 5.41) is 0. The van der Waals surface area contributed by atoms with Crippen molar-refractivity contribution in [2.45, 2.75) is 32.9 Å². The summed E-state index contributed by atoms with van der Waals surface area (Å²) in [7, 11) is 0. The zero-order valence-corrected chi connectivity index (χ0v) is 13.1. The summed E-state index contributed by atoms with van der Waals surface area (Å²) >= 11 is 4.28. The lowest BCUT2D eigenvalue weighted by molar-refractivity contribution is -0.155. The van der Waals surface area contributed by atoms with Crippen LogP contribution < -0.4 is 0 Å². The first-order valence-corrected chi connectivity index (χ1v) is 6.53. The van der Waals surface area contributed by atoms with Crippen molar-refractivity contribution in [1.82, 2.24) is 9.55 Å². The average molecular weight is 434 g/mol. The highest BCUT2D eigenvalue weighted by Gasteiger charge is 2.17. The third-order valence-corrected chi connectivity index (χ3v) is 4.40. The van der Waals surface area contributed by atoms with Crippen molar-refractivity contribution >= 4 is 51.2 Å². The summed E-state index contributed by atoms with van der Waals surface area (Å²) in [6, 6.07) is 0. The number of imidazole rings is 1. The second-order valence-corrected chi connectivity index (χ2v) is 6.08. The Morgan fingerprint density at radius 1 is 1.53 bits per heavy atom. The monoisotopic (exact) mass is 434 g/mol. The molecule has 0 aliphatic carbocycles. The number of carbonyl (C=O) groups is 1. The predicted molar refractivity (Wildman–Crippen MR) is 73.5 cm³/mol. The van der Waals surface area contributed by atoms with E-state index in [-0.39, 0.29) is 12.5 Å². The van der Waals surface area contributed by atoms with Gasteiger partial charge in [0.05, 0.1) is 6.33 Å². The van der Waals surface area contributed by atoms with Crippen LogP contribution in [0.2, 0.25) is 0 Å². The van der Waals surface area contributed by atoms with Crippen LogP contribution in [-0.4, -0.2) is 21.1 Å². The van der Waals surface area contributed by atoms with E-state index in [1.54, 1.807) is 10.9 Å². The van der Waals surface area contributed by atoms with Crippen molar-refractivity contribution in [1.29, 1.82) is 0 Å². The average Bonchev–Trinajstić information content (AvgIpc) is 2.32. The number of esters is 1. The van der Waals surface area contributed by atoms with Gasteiger partial charge in [0, 0.05) is 0 Å². The molecule has 0 saturated carbocycles. The molecule has 15 heavy (non-hydrogen) atoms. The molecular formula is C9H12I2N2O2. The van der Waals surface area contributed by atoms with Crippen LogP contribution in [0.4, 0.5) is 0 Å². The number of rotatable bonds is 2. The Hall–Kier alpha value is 0.140. The Morgan fingerprint density at radius 2 is 2.13 bits per heavy atom. The maximum absolute atomic E-state index is 11.5. The van der Waals surface area contributed by atoms with Gasteiger partial charge >= 0.3 is 5.97 Å². The van der Waals surface area contributed by atoms with Gasteiger partial charge in [-0.15, -0.1) is 0 Å². The Kier molecular flexibility index (Phi) is 4.38. The lowest BCUT2D eigenvalue weighted by atomic mass is 10.2. The number of hydrogen-bond acceptors (Lipinski definition) is 3. The third-order valence-electron chi connectivity index (χ3n) is 1.45. The smallest absolute Gasteiger partial charge is 0.326 e. The van der Waals surface area contributed by atoms with Gasteiger partial charge in [-0.2, -0.15) is 0 Å². The highest BCUT2D eigenvalue weighted by Crippen LogP contribution is 2.14. The fraction of sp³-hybridized carbons (Fsp3) is 0.556. The molecule has 1 aromatic rings. The van der Waals surface area contributed by atoms with Gasteiger partial charge in [-0.05, 0) is 66.0 Å². The van der Waals surface area contributed by atoms with E-state index >= 15 is 0 Å². The molecule has 0 bridgehead atoms. The lowest BCUT2D eigenvalue weighted by Gasteiger charge is -2.19. The number of carbonyl (C=O) groups excluding carboxylic acids is 1. The molecule has 0 atom stereocenters. The van der Waals surface area contributed by atoms with Gasteiger partial charge in [0.25, 0.3) is 0 Å². The number of ether oxygens (including phenoxy) is 1. The highest BCUT2D eigenvalue weighted by molar-refractivity contribution is 14.1. The first kappa shape index (κ1) is 13.2. The summed E-state index contributed by atoms with van der Waals surface area (Å²) in [6.07, 6.45) is 1.65. The van der Waals surface area contributed by atoms with Crippen LogP contribution in [0.3, 0.4) is 0 Å². The number of nitrogens with zero attached hydrogens (tertiary/aromatic N) is 2. The van der Waals surface area contributed by atoms with Gasteiger partial charge < -0.3 is 9.30 Å². The number of halogens is 2. The lowest BCUT2D eigenvalue weighted by Crippen LogP contribution is -2.26. The largest absolute Gasteiger partial charge is 0.459 e.